The third kappa shape index (κ3) is 2.29. The molecule has 0 fully saturated rings. The Morgan fingerprint density at radius 2 is 1.85 bits per heavy atom. The molecule has 0 aliphatic heterocycles. The van der Waals surface area contributed by atoms with E-state index in [0.717, 1.165) is 0 Å². The maximum Gasteiger partial charge on any atom is 0.231 e. The standard InChI is InChI=1S/C9H6Cl2O2/c10-5-8(12)9(13)6-3-1-2-4-7(6)11/h1-4H,5H2. The van der Waals surface area contributed by atoms with E-state index in [-0.39, 0.29) is 16.5 Å². The van der Waals surface area contributed by atoms with E-state index in [1.165, 1.54) is 6.07 Å². The van der Waals surface area contributed by atoms with E-state index in [9.17, 15) is 9.59 Å². The van der Waals surface area contributed by atoms with Gasteiger partial charge in [0.25, 0.3) is 0 Å². The van der Waals surface area contributed by atoms with Crippen LogP contribution in [0.15, 0.2) is 24.3 Å². The third-order valence-electron chi connectivity index (χ3n) is 1.49. The lowest BCUT2D eigenvalue weighted by Crippen LogP contribution is -2.15. The molecule has 13 heavy (non-hydrogen) atoms. The van der Waals surface area contributed by atoms with Crippen LogP contribution in [0.4, 0.5) is 0 Å². The van der Waals surface area contributed by atoms with Crippen LogP contribution in [-0.4, -0.2) is 17.4 Å². The molecule has 1 rings (SSSR count). The van der Waals surface area contributed by atoms with E-state index in [1.54, 1.807) is 18.2 Å². The lowest BCUT2D eigenvalue weighted by Gasteiger charge is -1.99. The van der Waals surface area contributed by atoms with Gasteiger partial charge in [0, 0.05) is 5.56 Å². The first-order chi connectivity index (χ1) is 6.16. The van der Waals surface area contributed by atoms with Gasteiger partial charge in [0.05, 0.1) is 10.9 Å². The van der Waals surface area contributed by atoms with Gasteiger partial charge in [-0.25, -0.2) is 0 Å². The first-order valence-corrected chi connectivity index (χ1v) is 4.46. The number of ketones is 2. The van der Waals surface area contributed by atoms with E-state index in [2.05, 4.69) is 0 Å². The molecule has 0 unspecified atom stereocenters. The van der Waals surface area contributed by atoms with Gasteiger partial charge in [0.1, 0.15) is 0 Å². The van der Waals surface area contributed by atoms with Crippen molar-refractivity contribution in [2.75, 3.05) is 5.88 Å². The summed E-state index contributed by atoms with van der Waals surface area (Å²) in [5.41, 5.74) is 0.204. The van der Waals surface area contributed by atoms with Gasteiger partial charge < -0.3 is 0 Å². The summed E-state index contributed by atoms with van der Waals surface area (Å²) in [6.07, 6.45) is 0. The van der Waals surface area contributed by atoms with Crippen LogP contribution in [0.5, 0.6) is 0 Å². The first kappa shape index (κ1) is 10.2. The number of carbonyl (C=O) groups is 2. The zero-order valence-corrected chi connectivity index (χ0v) is 8.10. The van der Waals surface area contributed by atoms with Gasteiger partial charge in [-0.2, -0.15) is 0 Å². The summed E-state index contributed by atoms with van der Waals surface area (Å²) in [6.45, 7) is 0. The summed E-state index contributed by atoms with van der Waals surface area (Å²) in [5, 5.41) is 0.269. The van der Waals surface area contributed by atoms with Crippen molar-refractivity contribution < 1.29 is 9.59 Å². The third-order valence-corrected chi connectivity index (χ3v) is 2.07. The molecular formula is C9H6Cl2O2. The molecule has 0 saturated heterocycles. The molecule has 0 saturated carbocycles. The molecule has 0 aliphatic carbocycles. The predicted molar refractivity (Wildman–Crippen MR) is 51.5 cm³/mol. The van der Waals surface area contributed by atoms with Crippen molar-refractivity contribution in [3.05, 3.63) is 34.9 Å². The fraction of sp³-hybridized carbons (Fsp3) is 0.111. The zero-order chi connectivity index (χ0) is 9.84. The lowest BCUT2D eigenvalue weighted by atomic mass is 10.1. The Bertz CT molecular complexity index is 347. The van der Waals surface area contributed by atoms with Gasteiger partial charge in [-0.05, 0) is 12.1 Å². The second kappa shape index (κ2) is 4.40. The van der Waals surface area contributed by atoms with Crippen molar-refractivity contribution in [3.63, 3.8) is 0 Å². The Balaban J connectivity index is 3.02. The number of Topliss-reactive ketones (excluding diaryl/α,β-unsaturated/α-hetero) is 2. The maximum absolute atomic E-state index is 11.3. The number of alkyl halides is 1. The average molecular weight is 217 g/mol. The summed E-state index contributed by atoms with van der Waals surface area (Å²) in [6, 6.07) is 6.37. The molecule has 1 aromatic rings. The monoisotopic (exact) mass is 216 g/mol. The minimum absolute atomic E-state index is 0.204. The summed E-state index contributed by atoms with van der Waals surface area (Å²) >= 11 is 10.9. The SMILES string of the molecule is O=C(CCl)C(=O)c1ccccc1Cl. The molecule has 68 valence electrons. The molecule has 0 N–H and O–H groups in total. The normalized spacial score (nSPS) is 9.69. The van der Waals surface area contributed by atoms with Crippen molar-refractivity contribution in [2.24, 2.45) is 0 Å². The highest BCUT2D eigenvalue weighted by atomic mass is 35.5. The largest absolute Gasteiger partial charge is 0.289 e. The molecule has 0 atom stereocenters. The molecule has 2 nitrogen and oxygen atoms in total. The van der Waals surface area contributed by atoms with Crippen LogP contribution < -0.4 is 0 Å². The predicted octanol–water partition coefficient (Wildman–Crippen LogP) is 2.33. The van der Waals surface area contributed by atoms with Crippen LogP contribution >= 0.6 is 23.2 Å². The van der Waals surface area contributed by atoms with Crippen molar-refractivity contribution in [3.8, 4) is 0 Å². The number of benzene rings is 1. The molecule has 0 radical (unpaired) electrons. The summed E-state index contributed by atoms with van der Waals surface area (Å²) < 4.78 is 0. The Morgan fingerprint density at radius 1 is 1.23 bits per heavy atom. The fourth-order valence-corrected chi connectivity index (χ4v) is 1.20. The maximum atomic E-state index is 11.3. The molecule has 1 aromatic carbocycles. The number of carbonyl (C=O) groups excluding carboxylic acids is 2. The Kier molecular flexibility index (Phi) is 3.46. The second-order valence-corrected chi connectivity index (χ2v) is 3.04. The van der Waals surface area contributed by atoms with E-state index in [4.69, 9.17) is 23.2 Å². The molecule has 0 heterocycles. The topological polar surface area (TPSA) is 34.1 Å². The van der Waals surface area contributed by atoms with E-state index in [1.807, 2.05) is 0 Å². The quantitative estimate of drug-likeness (QED) is 0.442. The van der Waals surface area contributed by atoms with Crippen LogP contribution in [0, 0.1) is 0 Å². The van der Waals surface area contributed by atoms with Crippen molar-refractivity contribution in [2.45, 2.75) is 0 Å². The van der Waals surface area contributed by atoms with Gasteiger partial charge in [0.15, 0.2) is 0 Å². The van der Waals surface area contributed by atoms with Crippen molar-refractivity contribution >= 4 is 34.8 Å². The van der Waals surface area contributed by atoms with Crippen LogP contribution in [0.25, 0.3) is 0 Å². The van der Waals surface area contributed by atoms with Crippen LogP contribution in [0.1, 0.15) is 10.4 Å². The van der Waals surface area contributed by atoms with Crippen LogP contribution in [0.2, 0.25) is 5.02 Å². The van der Waals surface area contributed by atoms with Crippen LogP contribution in [-0.2, 0) is 4.79 Å². The number of halogens is 2. The van der Waals surface area contributed by atoms with Gasteiger partial charge in [-0.1, -0.05) is 23.7 Å². The van der Waals surface area contributed by atoms with Gasteiger partial charge in [0.2, 0.25) is 11.6 Å². The minimum atomic E-state index is -0.644. The molecule has 0 spiro atoms. The number of hydrogen-bond donors (Lipinski definition) is 0. The number of hydrogen-bond acceptors (Lipinski definition) is 2. The zero-order valence-electron chi connectivity index (χ0n) is 6.59. The van der Waals surface area contributed by atoms with Crippen LogP contribution in [0.3, 0.4) is 0 Å². The Hall–Kier alpha value is -0.860. The Labute approximate surface area is 85.5 Å². The van der Waals surface area contributed by atoms with Crippen molar-refractivity contribution in [1.29, 1.82) is 0 Å². The highest BCUT2D eigenvalue weighted by Crippen LogP contribution is 2.15. The van der Waals surface area contributed by atoms with E-state index >= 15 is 0 Å². The molecular weight excluding hydrogens is 211 g/mol. The fourth-order valence-electron chi connectivity index (χ4n) is 0.856. The molecule has 0 aromatic heterocycles. The first-order valence-electron chi connectivity index (χ1n) is 3.55. The van der Waals surface area contributed by atoms with E-state index < -0.39 is 11.6 Å². The molecule has 0 aliphatic rings. The average Bonchev–Trinajstić information content (AvgIpc) is 2.16. The molecule has 0 bridgehead atoms. The highest BCUT2D eigenvalue weighted by molar-refractivity contribution is 6.53. The summed E-state index contributed by atoms with van der Waals surface area (Å²) in [4.78, 5) is 22.2. The minimum Gasteiger partial charge on any atom is -0.289 e. The van der Waals surface area contributed by atoms with Gasteiger partial charge >= 0.3 is 0 Å². The molecule has 4 heteroatoms. The second-order valence-electron chi connectivity index (χ2n) is 2.37. The molecule has 0 amide bonds. The van der Waals surface area contributed by atoms with Gasteiger partial charge in [-0.3, -0.25) is 9.59 Å². The summed E-state index contributed by atoms with van der Waals surface area (Å²) in [7, 11) is 0. The lowest BCUT2D eigenvalue weighted by molar-refractivity contribution is -0.112. The number of rotatable bonds is 3. The van der Waals surface area contributed by atoms with Gasteiger partial charge in [-0.15, -0.1) is 11.6 Å². The summed E-state index contributed by atoms with van der Waals surface area (Å²) in [5.74, 6) is -1.60. The van der Waals surface area contributed by atoms with Crippen molar-refractivity contribution in [1.82, 2.24) is 0 Å². The van der Waals surface area contributed by atoms with E-state index in [0.29, 0.717) is 0 Å². The highest BCUT2D eigenvalue weighted by Gasteiger charge is 2.16. The Morgan fingerprint density at radius 3 is 2.38 bits per heavy atom. The smallest absolute Gasteiger partial charge is 0.231 e.